The lowest BCUT2D eigenvalue weighted by atomic mass is 9.78. The lowest BCUT2D eigenvalue weighted by molar-refractivity contribution is 0.0853. The molecule has 1 aliphatic carbocycles. The third kappa shape index (κ3) is 5.26. The molecule has 2 heterocycles. The number of allylic oxidation sites excluding steroid dienone is 2. The SMILES string of the molecule is CC=CCC1CCCC(C(=O)c2n[nH]c(Cc3ccc(-c4ccccc4-c4nnn[nH]4)cc3)n2)C1. The first kappa shape index (κ1) is 22.8. The Labute approximate surface area is 204 Å². The number of carbonyl (C=O) groups excluding carboxylic acids is 1. The Morgan fingerprint density at radius 3 is 2.66 bits per heavy atom. The number of aromatic amines is 2. The van der Waals surface area contributed by atoms with E-state index in [1.165, 1.54) is 6.42 Å². The highest BCUT2D eigenvalue weighted by Gasteiger charge is 2.29. The maximum absolute atomic E-state index is 13.0. The van der Waals surface area contributed by atoms with Crippen LogP contribution in [0.5, 0.6) is 0 Å². The molecule has 2 unspecified atom stereocenters. The van der Waals surface area contributed by atoms with E-state index in [0.717, 1.165) is 47.9 Å². The second-order valence-electron chi connectivity index (χ2n) is 9.17. The molecule has 0 bridgehead atoms. The number of hydrogen-bond acceptors (Lipinski definition) is 6. The third-order valence-electron chi connectivity index (χ3n) is 6.77. The Morgan fingerprint density at radius 1 is 1.06 bits per heavy atom. The van der Waals surface area contributed by atoms with E-state index in [4.69, 9.17) is 0 Å². The van der Waals surface area contributed by atoms with Crippen LogP contribution in [0.3, 0.4) is 0 Å². The summed E-state index contributed by atoms with van der Waals surface area (Å²) in [6, 6.07) is 16.3. The predicted molar refractivity (Wildman–Crippen MR) is 133 cm³/mol. The summed E-state index contributed by atoms with van der Waals surface area (Å²) in [5.74, 6) is 2.34. The van der Waals surface area contributed by atoms with Gasteiger partial charge in [-0.25, -0.2) is 10.1 Å². The molecular weight excluding hydrogens is 438 g/mol. The number of benzene rings is 2. The Morgan fingerprint density at radius 2 is 1.89 bits per heavy atom. The van der Waals surface area contributed by atoms with Gasteiger partial charge in [0.15, 0.2) is 5.82 Å². The maximum atomic E-state index is 13.0. The minimum atomic E-state index is 0.0292. The van der Waals surface area contributed by atoms with Crippen LogP contribution in [0.2, 0.25) is 0 Å². The van der Waals surface area contributed by atoms with Gasteiger partial charge in [0, 0.05) is 17.9 Å². The van der Waals surface area contributed by atoms with Gasteiger partial charge in [-0.05, 0) is 59.2 Å². The summed E-state index contributed by atoms with van der Waals surface area (Å²) >= 11 is 0. The number of ketones is 1. The normalized spacial score (nSPS) is 18.2. The molecule has 1 fully saturated rings. The van der Waals surface area contributed by atoms with Crippen LogP contribution in [0.4, 0.5) is 0 Å². The first-order valence-electron chi connectivity index (χ1n) is 12.2. The van der Waals surface area contributed by atoms with Crippen LogP contribution in [-0.4, -0.2) is 41.6 Å². The van der Waals surface area contributed by atoms with Gasteiger partial charge in [0.2, 0.25) is 11.6 Å². The molecule has 35 heavy (non-hydrogen) atoms. The molecule has 1 saturated carbocycles. The van der Waals surface area contributed by atoms with Crippen molar-refractivity contribution >= 4 is 5.78 Å². The van der Waals surface area contributed by atoms with Crippen LogP contribution in [0.1, 0.15) is 61.0 Å². The number of hydrogen-bond donors (Lipinski definition) is 2. The maximum Gasteiger partial charge on any atom is 0.217 e. The van der Waals surface area contributed by atoms with Crippen LogP contribution in [-0.2, 0) is 6.42 Å². The molecule has 8 nitrogen and oxygen atoms in total. The van der Waals surface area contributed by atoms with E-state index in [-0.39, 0.29) is 11.7 Å². The zero-order valence-electron chi connectivity index (χ0n) is 19.8. The molecule has 0 aliphatic heterocycles. The Balaban J connectivity index is 1.26. The smallest absolute Gasteiger partial charge is 0.217 e. The Kier molecular flexibility index (Phi) is 6.88. The minimum Gasteiger partial charge on any atom is -0.290 e. The highest BCUT2D eigenvalue weighted by atomic mass is 16.1. The van der Waals surface area contributed by atoms with E-state index in [1.54, 1.807) is 0 Å². The van der Waals surface area contributed by atoms with Gasteiger partial charge in [0.25, 0.3) is 0 Å². The van der Waals surface area contributed by atoms with Gasteiger partial charge < -0.3 is 0 Å². The van der Waals surface area contributed by atoms with Crippen molar-refractivity contribution in [2.24, 2.45) is 11.8 Å². The lowest BCUT2D eigenvalue weighted by Gasteiger charge is -2.26. The number of aromatic nitrogens is 7. The molecule has 0 radical (unpaired) electrons. The fourth-order valence-corrected chi connectivity index (χ4v) is 4.95. The lowest BCUT2D eigenvalue weighted by Crippen LogP contribution is -2.23. The third-order valence-corrected chi connectivity index (χ3v) is 6.77. The second kappa shape index (κ2) is 10.5. The number of Topliss-reactive ketones (excluding diaryl/α,β-unsaturated/α-hetero) is 1. The van der Waals surface area contributed by atoms with E-state index in [1.807, 2.05) is 25.1 Å². The molecule has 2 N–H and O–H groups in total. The summed E-state index contributed by atoms with van der Waals surface area (Å²) in [5, 5.41) is 21.5. The molecule has 0 spiro atoms. The standard InChI is InChI=1S/C27H29N7O/c1-2-3-7-18-8-6-9-21(16-18)25(35)27-28-24(29-30-27)17-19-12-14-20(15-13-19)22-10-4-5-11-23(22)26-31-33-34-32-26/h2-5,10-15,18,21H,6-9,16-17H2,1H3,(H,28,29,30)(H,31,32,33,34). The van der Waals surface area contributed by atoms with Crippen molar-refractivity contribution in [2.75, 3.05) is 0 Å². The van der Waals surface area contributed by atoms with E-state index in [9.17, 15) is 4.79 Å². The van der Waals surface area contributed by atoms with Crippen LogP contribution in [0.25, 0.3) is 22.5 Å². The van der Waals surface area contributed by atoms with Crippen molar-refractivity contribution in [2.45, 2.75) is 45.4 Å². The summed E-state index contributed by atoms with van der Waals surface area (Å²) in [5.41, 5.74) is 4.15. The Hall–Kier alpha value is -3.94. The molecule has 2 atom stereocenters. The number of nitrogens with one attached hydrogen (secondary N) is 2. The average molecular weight is 468 g/mol. The molecule has 2 aromatic heterocycles. The van der Waals surface area contributed by atoms with E-state index in [2.05, 4.69) is 78.3 Å². The number of tetrazole rings is 1. The first-order valence-corrected chi connectivity index (χ1v) is 12.2. The zero-order chi connectivity index (χ0) is 24.0. The van der Waals surface area contributed by atoms with Gasteiger partial charge in [-0.3, -0.25) is 9.89 Å². The molecule has 0 amide bonds. The summed E-state index contributed by atoms with van der Waals surface area (Å²) in [7, 11) is 0. The molecule has 4 aromatic rings. The van der Waals surface area contributed by atoms with Gasteiger partial charge in [-0.2, -0.15) is 5.10 Å². The molecule has 0 saturated heterocycles. The quantitative estimate of drug-likeness (QED) is 0.272. The van der Waals surface area contributed by atoms with Crippen molar-refractivity contribution < 1.29 is 4.79 Å². The number of rotatable bonds is 8. The fraction of sp³-hybridized carbons (Fsp3) is 0.333. The molecule has 8 heteroatoms. The molecule has 1 aliphatic rings. The fourth-order valence-electron chi connectivity index (χ4n) is 4.95. The highest BCUT2D eigenvalue weighted by Crippen LogP contribution is 2.33. The summed E-state index contributed by atoms with van der Waals surface area (Å²) < 4.78 is 0. The van der Waals surface area contributed by atoms with E-state index >= 15 is 0 Å². The minimum absolute atomic E-state index is 0.0292. The van der Waals surface area contributed by atoms with Crippen molar-refractivity contribution in [3.8, 4) is 22.5 Å². The van der Waals surface area contributed by atoms with Gasteiger partial charge in [0.05, 0.1) is 0 Å². The Bertz CT molecular complexity index is 1290. The number of nitrogens with zero attached hydrogens (tertiary/aromatic N) is 5. The summed E-state index contributed by atoms with van der Waals surface area (Å²) in [6.07, 6.45) is 10.1. The van der Waals surface area contributed by atoms with Crippen molar-refractivity contribution in [3.05, 3.63) is 77.9 Å². The number of H-pyrrole nitrogens is 2. The summed E-state index contributed by atoms with van der Waals surface area (Å²) in [6.45, 7) is 2.05. The van der Waals surface area contributed by atoms with Crippen molar-refractivity contribution in [3.63, 3.8) is 0 Å². The van der Waals surface area contributed by atoms with Crippen molar-refractivity contribution in [1.82, 2.24) is 35.8 Å². The summed E-state index contributed by atoms with van der Waals surface area (Å²) in [4.78, 5) is 17.6. The van der Waals surface area contributed by atoms with E-state index in [0.29, 0.717) is 29.8 Å². The highest BCUT2D eigenvalue weighted by molar-refractivity contribution is 5.94. The molecule has 2 aromatic carbocycles. The van der Waals surface area contributed by atoms with Crippen LogP contribution in [0.15, 0.2) is 60.7 Å². The average Bonchev–Trinajstić information content (AvgIpc) is 3.61. The largest absolute Gasteiger partial charge is 0.290 e. The zero-order valence-corrected chi connectivity index (χ0v) is 19.8. The molecular formula is C27H29N7O. The van der Waals surface area contributed by atoms with Gasteiger partial charge >= 0.3 is 0 Å². The first-order chi connectivity index (χ1) is 17.2. The van der Waals surface area contributed by atoms with Crippen LogP contribution < -0.4 is 0 Å². The second-order valence-corrected chi connectivity index (χ2v) is 9.17. The van der Waals surface area contributed by atoms with Gasteiger partial charge in [-0.15, -0.1) is 5.10 Å². The predicted octanol–water partition coefficient (Wildman–Crippen LogP) is 5.20. The van der Waals surface area contributed by atoms with E-state index < -0.39 is 0 Å². The number of carbonyl (C=O) groups is 1. The monoisotopic (exact) mass is 467 g/mol. The topological polar surface area (TPSA) is 113 Å². The van der Waals surface area contributed by atoms with Crippen LogP contribution in [0, 0.1) is 11.8 Å². The molecule has 5 rings (SSSR count). The van der Waals surface area contributed by atoms with Crippen molar-refractivity contribution in [1.29, 1.82) is 0 Å². The molecule has 178 valence electrons. The van der Waals surface area contributed by atoms with Gasteiger partial charge in [0.1, 0.15) is 5.82 Å². The van der Waals surface area contributed by atoms with Gasteiger partial charge in [-0.1, -0.05) is 73.5 Å². The van der Waals surface area contributed by atoms with Crippen LogP contribution >= 0.6 is 0 Å².